The first-order valence-electron chi connectivity index (χ1n) is 10.2. The van der Waals surface area contributed by atoms with E-state index in [0.717, 1.165) is 38.3 Å². The Balaban J connectivity index is 1.29. The van der Waals surface area contributed by atoms with Crippen LogP contribution in [0.4, 0.5) is 27.8 Å². The number of hydrogen-bond acceptors (Lipinski definition) is 5. The second-order valence-corrected chi connectivity index (χ2v) is 7.21. The molecule has 0 spiro atoms. The van der Waals surface area contributed by atoms with Crippen molar-refractivity contribution < 1.29 is 4.79 Å². The fraction of sp³-hybridized carbons (Fsp3) is 0.261. The molecular weight excluding hydrogens is 376 g/mol. The molecule has 2 heterocycles. The summed E-state index contributed by atoms with van der Waals surface area (Å²) in [7, 11) is 0. The molecule has 0 unspecified atom stereocenters. The minimum atomic E-state index is -0.313. The number of anilines is 4. The van der Waals surface area contributed by atoms with Gasteiger partial charge in [0.05, 0.1) is 18.1 Å². The number of nitrogens with one attached hydrogen (secondary N) is 2. The summed E-state index contributed by atoms with van der Waals surface area (Å²) in [5.41, 5.74) is 3.78. The van der Waals surface area contributed by atoms with Crippen LogP contribution in [0.5, 0.6) is 0 Å². The SMILES string of the molecule is CCc1ccc(NC(=O)Nc2cnc(N3CCN(c4ccccc4)CC3)nc2)cc1. The van der Waals surface area contributed by atoms with Gasteiger partial charge in [-0.05, 0) is 36.2 Å². The van der Waals surface area contributed by atoms with Crippen LogP contribution in [0.1, 0.15) is 12.5 Å². The summed E-state index contributed by atoms with van der Waals surface area (Å²) in [6.45, 7) is 5.66. The summed E-state index contributed by atoms with van der Waals surface area (Å²) in [4.78, 5) is 25.6. The van der Waals surface area contributed by atoms with E-state index in [9.17, 15) is 4.79 Å². The lowest BCUT2D eigenvalue weighted by Gasteiger charge is -2.36. The standard InChI is InChI=1S/C23H26N6O/c1-2-18-8-10-19(11-9-18)26-23(30)27-20-16-24-22(25-17-20)29-14-12-28(13-15-29)21-6-4-3-5-7-21/h3-11,16-17H,2,12-15H2,1H3,(H2,26,27,30). The lowest BCUT2D eigenvalue weighted by Crippen LogP contribution is -2.47. The number of aryl methyl sites for hydroxylation is 1. The molecule has 0 bridgehead atoms. The van der Waals surface area contributed by atoms with E-state index >= 15 is 0 Å². The number of nitrogens with zero attached hydrogens (tertiary/aromatic N) is 4. The van der Waals surface area contributed by atoms with Crippen molar-refractivity contribution in [2.24, 2.45) is 0 Å². The van der Waals surface area contributed by atoms with Crippen molar-refractivity contribution in [2.45, 2.75) is 13.3 Å². The molecule has 7 heteroatoms. The van der Waals surface area contributed by atoms with E-state index in [1.54, 1.807) is 12.4 Å². The van der Waals surface area contributed by atoms with Gasteiger partial charge in [-0.2, -0.15) is 0 Å². The normalized spacial score (nSPS) is 13.8. The van der Waals surface area contributed by atoms with Gasteiger partial charge in [0.1, 0.15) is 0 Å². The summed E-state index contributed by atoms with van der Waals surface area (Å²) in [6, 6.07) is 17.9. The third kappa shape index (κ3) is 4.86. The van der Waals surface area contributed by atoms with Crippen LogP contribution in [-0.2, 0) is 6.42 Å². The molecule has 0 atom stereocenters. The first-order chi connectivity index (χ1) is 14.7. The summed E-state index contributed by atoms with van der Waals surface area (Å²) in [5.74, 6) is 0.684. The van der Waals surface area contributed by atoms with Crippen molar-refractivity contribution in [1.82, 2.24) is 9.97 Å². The van der Waals surface area contributed by atoms with Crippen LogP contribution < -0.4 is 20.4 Å². The van der Waals surface area contributed by atoms with Gasteiger partial charge in [0, 0.05) is 37.6 Å². The first kappa shape index (κ1) is 19.7. The second-order valence-electron chi connectivity index (χ2n) is 7.21. The molecule has 0 saturated carbocycles. The largest absolute Gasteiger partial charge is 0.368 e. The Morgan fingerprint density at radius 3 is 2.07 bits per heavy atom. The monoisotopic (exact) mass is 402 g/mol. The number of para-hydroxylation sites is 1. The zero-order chi connectivity index (χ0) is 20.8. The molecular formula is C23H26N6O. The fourth-order valence-corrected chi connectivity index (χ4v) is 3.47. The van der Waals surface area contributed by atoms with Crippen molar-refractivity contribution in [3.05, 3.63) is 72.6 Å². The van der Waals surface area contributed by atoms with Gasteiger partial charge in [0.2, 0.25) is 5.95 Å². The van der Waals surface area contributed by atoms with Crippen LogP contribution in [0.15, 0.2) is 67.0 Å². The summed E-state index contributed by atoms with van der Waals surface area (Å²) < 4.78 is 0. The van der Waals surface area contributed by atoms with Gasteiger partial charge in [-0.25, -0.2) is 14.8 Å². The number of carbonyl (C=O) groups is 1. The molecule has 1 aromatic heterocycles. The number of rotatable bonds is 5. The highest BCUT2D eigenvalue weighted by molar-refractivity contribution is 5.99. The van der Waals surface area contributed by atoms with Crippen LogP contribution in [0.2, 0.25) is 0 Å². The van der Waals surface area contributed by atoms with Gasteiger partial charge in [-0.1, -0.05) is 37.3 Å². The Morgan fingerprint density at radius 2 is 1.43 bits per heavy atom. The molecule has 1 aliphatic rings. The smallest absolute Gasteiger partial charge is 0.323 e. The molecule has 0 aliphatic carbocycles. The van der Waals surface area contributed by atoms with E-state index in [2.05, 4.69) is 61.6 Å². The topological polar surface area (TPSA) is 73.4 Å². The van der Waals surface area contributed by atoms with Crippen LogP contribution in [0.3, 0.4) is 0 Å². The maximum Gasteiger partial charge on any atom is 0.323 e. The van der Waals surface area contributed by atoms with Gasteiger partial charge >= 0.3 is 6.03 Å². The lowest BCUT2D eigenvalue weighted by atomic mass is 10.1. The number of urea groups is 1. The Morgan fingerprint density at radius 1 is 0.833 bits per heavy atom. The molecule has 0 radical (unpaired) electrons. The number of amides is 2. The molecule has 1 aliphatic heterocycles. The Kier molecular flexibility index (Phi) is 6.08. The van der Waals surface area contributed by atoms with E-state index in [-0.39, 0.29) is 6.03 Å². The molecule has 1 fully saturated rings. The maximum atomic E-state index is 12.2. The number of carbonyl (C=O) groups excluding carboxylic acids is 1. The highest BCUT2D eigenvalue weighted by atomic mass is 16.2. The van der Waals surface area contributed by atoms with Gasteiger partial charge < -0.3 is 20.4 Å². The predicted octanol–water partition coefficient (Wildman–Crippen LogP) is 4.01. The first-order valence-corrected chi connectivity index (χ1v) is 10.2. The number of hydrogen-bond donors (Lipinski definition) is 2. The molecule has 30 heavy (non-hydrogen) atoms. The highest BCUT2D eigenvalue weighted by Crippen LogP contribution is 2.18. The minimum absolute atomic E-state index is 0.313. The quantitative estimate of drug-likeness (QED) is 0.675. The zero-order valence-corrected chi connectivity index (χ0v) is 17.1. The maximum absolute atomic E-state index is 12.2. The molecule has 3 aromatic rings. The van der Waals surface area contributed by atoms with Gasteiger partial charge in [-0.15, -0.1) is 0 Å². The van der Waals surface area contributed by atoms with E-state index in [0.29, 0.717) is 11.6 Å². The summed E-state index contributed by atoms with van der Waals surface area (Å²) >= 11 is 0. The van der Waals surface area contributed by atoms with E-state index < -0.39 is 0 Å². The average molecular weight is 403 g/mol. The number of benzene rings is 2. The number of aromatic nitrogens is 2. The Bertz CT molecular complexity index is 951. The summed E-state index contributed by atoms with van der Waals surface area (Å²) in [6.07, 6.45) is 4.26. The third-order valence-electron chi connectivity index (χ3n) is 5.20. The molecule has 4 rings (SSSR count). The van der Waals surface area contributed by atoms with Crippen molar-refractivity contribution in [3.8, 4) is 0 Å². The average Bonchev–Trinajstić information content (AvgIpc) is 2.81. The second kappa shape index (κ2) is 9.26. The molecule has 1 saturated heterocycles. The van der Waals surface area contributed by atoms with Crippen molar-refractivity contribution in [3.63, 3.8) is 0 Å². The number of piperazine rings is 1. The predicted molar refractivity (Wildman–Crippen MR) is 121 cm³/mol. The molecule has 154 valence electrons. The van der Waals surface area contributed by atoms with Crippen molar-refractivity contribution in [1.29, 1.82) is 0 Å². The van der Waals surface area contributed by atoms with Crippen LogP contribution in [0.25, 0.3) is 0 Å². The van der Waals surface area contributed by atoms with Crippen molar-refractivity contribution in [2.75, 3.05) is 46.6 Å². The molecule has 2 aromatic carbocycles. The van der Waals surface area contributed by atoms with Gasteiger partial charge in [0.25, 0.3) is 0 Å². The zero-order valence-electron chi connectivity index (χ0n) is 17.1. The lowest BCUT2D eigenvalue weighted by molar-refractivity contribution is 0.262. The Hall–Kier alpha value is -3.61. The van der Waals surface area contributed by atoms with Gasteiger partial charge in [-0.3, -0.25) is 0 Å². The minimum Gasteiger partial charge on any atom is -0.368 e. The molecule has 2 N–H and O–H groups in total. The fourth-order valence-electron chi connectivity index (χ4n) is 3.47. The van der Waals surface area contributed by atoms with E-state index in [4.69, 9.17) is 0 Å². The van der Waals surface area contributed by atoms with Crippen molar-refractivity contribution >= 4 is 29.0 Å². The van der Waals surface area contributed by atoms with Crippen LogP contribution in [0, 0.1) is 0 Å². The van der Waals surface area contributed by atoms with Crippen LogP contribution in [-0.4, -0.2) is 42.2 Å². The van der Waals surface area contributed by atoms with Crippen LogP contribution >= 0.6 is 0 Å². The Labute approximate surface area is 176 Å². The molecule has 2 amide bonds. The van der Waals surface area contributed by atoms with E-state index in [1.165, 1.54) is 11.3 Å². The highest BCUT2D eigenvalue weighted by Gasteiger charge is 2.19. The summed E-state index contributed by atoms with van der Waals surface area (Å²) in [5, 5.41) is 5.59. The third-order valence-corrected chi connectivity index (χ3v) is 5.20. The van der Waals surface area contributed by atoms with E-state index in [1.807, 2.05) is 30.3 Å². The molecule has 7 nitrogen and oxygen atoms in total. The van der Waals surface area contributed by atoms with Gasteiger partial charge in [0.15, 0.2) is 0 Å².